The van der Waals surface area contributed by atoms with Gasteiger partial charge in [0.15, 0.2) is 4.80 Å². The molecule has 0 spiro atoms. The Morgan fingerprint density at radius 2 is 1.76 bits per heavy atom. The van der Waals surface area contributed by atoms with E-state index < -0.39 is 12.0 Å². The van der Waals surface area contributed by atoms with E-state index in [9.17, 15) is 9.59 Å². The van der Waals surface area contributed by atoms with E-state index in [2.05, 4.69) is 4.99 Å². The number of allylic oxidation sites excluding steroid dienone is 1. The fraction of sp³-hybridized carbons (Fsp3) is 0.207. The number of nitrogens with zero attached hydrogens (tertiary/aromatic N) is 2. The standard InChI is InChI=1S/C29H26N2O5S/c1-5-36-28(33)24-17(2)30-29-31(27(32)23(37-29)16-19-11-7-9-13-21(19)34-3)26(24)25-20-12-8-6-10-18(20)14-15-22(25)35-4/h6-16,26H,5H2,1-4H3. The second-order valence-electron chi connectivity index (χ2n) is 8.45. The van der Waals surface area contributed by atoms with E-state index in [0.717, 1.165) is 16.3 Å². The highest BCUT2D eigenvalue weighted by Gasteiger charge is 2.36. The molecule has 7 nitrogen and oxygen atoms in total. The van der Waals surface area contributed by atoms with Crippen molar-refractivity contribution in [3.63, 3.8) is 0 Å². The predicted molar refractivity (Wildman–Crippen MR) is 144 cm³/mol. The van der Waals surface area contributed by atoms with Crippen LogP contribution in [0.25, 0.3) is 16.8 Å². The SMILES string of the molecule is CCOC(=O)C1=C(C)N=c2sc(=Cc3ccccc3OC)c(=O)n2C1c1c(OC)ccc2ccccc12. The van der Waals surface area contributed by atoms with Crippen LogP contribution in [0, 0.1) is 0 Å². The topological polar surface area (TPSA) is 79.1 Å². The molecule has 2 heterocycles. The number of carbonyl (C=O) groups excluding carboxylic acids is 1. The Kier molecular flexibility index (Phi) is 6.67. The Morgan fingerprint density at radius 3 is 2.51 bits per heavy atom. The maximum atomic E-state index is 14.0. The summed E-state index contributed by atoms with van der Waals surface area (Å²) in [6, 6.07) is 18.4. The largest absolute Gasteiger partial charge is 0.496 e. The summed E-state index contributed by atoms with van der Waals surface area (Å²) in [5.74, 6) is 0.714. The summed E-state index contributed by atoms with van der Waals surface area (Å²) in [6.07, 6.45) is 1.80. The van der Waals surface area contributed by atoms with Gasteiger partial charge < -0.3 is 14.2 Å². The lowest BCUT2D eigenvalue weighted by Gasteiger charge is -2.27. The molecule has 0 fully saturated rings. The number of hydrogen-bond donors (Lipinski definition) is 0. The van der Waals surface area contributed by atoms with Gasteiger partial charge in [0, 0.05) is 11.1 Å². The van der Waals surface area contributed by atoms with Crippen LogP contribution < -0.4 is 24.4 Å². The smallest absolute Gasteiger partial charge is 0.338 e. The first kappa shape index (κ1) is 24.5. The number of thiazole rings is 1. The second kappa shape index (κ2) is 10.1. The lowest BCUT2D eigenvalue weighted by molar-refractivity contribution is -0.139. The Balaban J connectivity index is 1.86. The van der Waals surface area contributed by atoms with Crippen molar-refractivity contribution in [2.75, 3.05) is 20.8 Å². The van der Waals surface area contributed by atoms with Crippen molar-refractivity contribution in [1.29, 1.82) is 0 Å². The molecule has 1 atom stereocenters. The number of para-hydroxylation sites is 1. The lowest BCUT2D eigenvalue weighted by Crippen LogP contribution is -2.40. The van der Waals surface area contributed by atoms with Crippen LogP contribution in [0.15, 0.2) is 81.7 Å². The van der Waals surface area contributed by atoms with E-state index in [1.165, 1.54) is 11.3 Å². The van der Waals surface area contributed by atoms with Crippen molar-refractivity contribution >= 4 is 34.2 Å². The van der Waals surface area contributed by atoms with Gasteiger partial charge in [-0.3, -0.25) is 9.36 Å². The van der Waals surface area contributed by atoms with Crippen LogP contribution in [0.5, 0.6) is 11.5 Å². The zero-order valence-electron chi connectivity index (χ0n) is 21.0. The molecule has 0 saturated heterocycles. The highest BCUT2D eigenvalue weighted by atomic mass is 32.1. The van der Waals surface area contributed by atoms with E-state index in [0.29, 0.717) is 37.7 Å². The van der Waals surface area contributed by atoms with Gasteiger partial charge in [-0.15, -0.1) is 0 Å². The minimum atomic E-state index is -0.781. The van der Waals surface area contributed by atoms with Gasteiger partial charge in [0.05, 0.1) is 36.6 Å². The van der Waals surface area contributed by atoms with Crippen molar-refractivity contribution < 1.29 is 19.0 Å². The maximum Gasteiger partial charge on any atom is 0.338 e. The van der Waals surface area contributed by atoms with Crippen molar-refractivity contribution in [2.45, 2.75) is 19.9 Å². The van der Waals surface area contributed by atoms with E-state index in [1.807, 2.05) is 60.7 Å². The summed E-state index contributed by atoms with van der Waals surface area (Å²) >= 11 is 1.27. The summed E-state index contributed by atoms with van der Waals surface area (Å²) in [7, 11) is 3.18. The number of ether oxygens (including phenoxy) is 3. The van der Waals surface area contributed by atoms with Crippen molar-refractivity contribution in [3.05, 3.63) is 103 Å². The third-order valence-electron chi connectivity index (χ3n) is 6.37. The fourth-order valence-corrected chi connectivity index (χ4v) is 5.76. The molecule has 188 valence electrons. The van der Waals surface area contributed by atoms with Crippen LogP contribution in [-0.4, -0.2) is 31.4 Å². The first-order chi connectivity index (χ1) is 18.0. The molecule has 1 aliphatic heterocycles. The minimum Gasteiger partial charge on any atom is -0.496 e. The molecule has 0 N–H and O–H groups in total. The van der Waals surface area contributed by atoms with Crippen LogP contribution in [0.1, 0.15) is 31.0 Å². The van der Waals surface area contributed by atoms with E-state index in [1.54, 1.807) is 38.7 Å². The molecule has 1 unspecified atom stereocenters. The first-order valence-corrected chi connectivity index (χ1v) is 12.7. The monoisotopic (exact) mass is 514 g/mol. The predicted octanol–water partition coefficient (Wildman–Crippen LogP) is 3.97. The number of methoxy groups -OCH3 is 2. The quantitative estimate of drug-likeness (QED) is 0.364. The van der Waals surface area contributed by atoms with Gasteiger partial charge in [-0.05, 0) is 42.8 Å². The number of carbonyl (C=O) groups is 1. The third-order valence-corrected chi connectivity index (χ3v) is 7.35. The van der Waals surface area contributed by atoms with Gasteiger partial charge in [-0.25, -0.2) is 9.79 Å². The third kappa shape index (κ3) is 4.23. The van der Waals surface area contributed by atoms with Gasteiger partial charge in [0.25, 0.3) is 5.56 Å². The molecule has 0 saturated carbocycles. The zero-order chi connectivity index (χ0) is 26.1. The second-order valence-corrected chi connectivity index (χ2v) is 9.46. The van der Waals surface area contributed by atoms with Crippen LogP contribution in [0.2, 0.25) is 0 Å². The van der Waals surface area contributed by atoms with Gasteiger partial charge in [-0.1, -0.05) is 59.9 Å². The molecular formula is C29H26N2O5S. The highest BCUT2D eigenvalue weighted by Crippen LogP contribution is 2.40. The van der Waals surface area contributed by atoms with Crippen LogP contribution in [0.4, 0.5) is 0 Å². The molecular weight excluding hydrogens is 488 g/mol. The summed E-state index contributed by atoms with van der Waals surface area (Å²) < 4.78 is 18.8. The summed E-state index contributed by atoms with van der Waals surface area (Å²) in [4.78, 5) is 32.5. The van der Waals surface area contributed by atoms with Crippen LogP contribution >= 0.6 is 11.3 Å². The van der Waals surface area contributed by atoms with E-state index in [4.69, 9.17) is 14.2 Å². The molecule has 8 heteroatoms. The highest BCUT2D eigenvalue weighted by molar-refractivity contribution is 7.07. The molecule has 3 aromatic carbocycles. The molecule has 1 aliphatic rings. The number of esters is 1. The van der Waals surface area contributed by atoms with Gasteiger partial charge in [0.1, 0.15) is 17.5 Å². The molecule has 0 bridgehead atoms. The molecule has 4 aromatic rings. The number of aromatic nitrogens is 1. The molecule has 0 aliphatic carbocycles. The molecule has 0 amide bonds. The molecule has 37 heavy (non-hydrogen) atoms. The van der Waals surface area contributed by atoms with Gasteiger partial charge in [0.2, 0.25) is 0 Å². The minimum absolute atomic E-state index is 0.202. The summed E-state index contributed by atoms with van der Waals surface area (Å²) in [5, 5.41) is 1.84. The lowest BCUT2D eigenvalue weighted by atomic mass is 9.90. The van der Waals surface area contributed by atoms with Crippen LogP contribution in [-0.2, 0) is 9.53 Å². The van der Waals surface area contributed by atoms with Crippen molar-refractivity contribution in [2.24, 2.45) is 4.99 Å². The van der Waals surface area contributed by atoms with Crippen LogP contribution in [0.3, 0.4) is 0 Å². The van der Waals surface area contributed by atoms with Gasteiger partial charge >= 0.3 is 5.97 Å². The Hall–Kier alpha value is -4.17. The normalized spacial score (nSPS) is 15.4. The summed E-state index contributed by atoms with van der Waals surface area (Å²) in [5.41, 5.74) is 2.04. The summed E-state index contributed by atoms with van der Waals surface area (Å²) in [6.45, 7) is 3.73. The average Bonchev–Trinajstić information content (AvgIpc) is 3.21. The number of benzene rings is 3. The maximum absolute atomic E-state index is 14.0. The number of rotatable bonds is 6. The first-order valence-electron chi connectivity index (χ1n) is 11.9. The fourth-order valence-electron chi connectivity index (χ4n) is 4.73. The Bertz CT molecular complexity index is 1730. The Morgan fingerprint density at radius 1 is 1.03 bits per heavy atom. The van der Waals surface area contributed by atoms with Crippen molar-refractivity contribution in [3.8, 4) is 11.5 Å². The van der Waals surface area contributed by atoms with E-state index >= 15 is 0 Å². The van der Waals surface area contributed by atoms with Crippen molar-refractivity contribution in [1.82, 2.24) is 4.57 Å². The molecule has 1 aromatic heterocycles. The molecule has 5 rings (SSSR count). The van der Waals surface area contributed by atoms with E-state index in [-0.39, 0.29) is 12.2 Å². The molecule has 0 radical (unpaired) electrons. The Labute approximate surface area is 217 Å². The number of fused-ring (bicyclic) bond motifs is 2. The van der Waals surface area contributed by atoms with Gasteiger partial charge in [-0.2, -0.15) is 0 Å². The zero-order valence-corrected chi connectivity index (χ0v) is 21.8. The average molecular weight is 515 g/mol. The number of hydrogen-bond acceptors (Lipinski definition) is 7.